The van der Waals surface area contributed by atoms with Crippen molar-refractivity contribution >= 4 is 71.5 Å². The fourth-order valence-corrected chi connectivity index (χ4v) is 7.46. The van der Waals surface area contributed by atoms with Gasteiger partial charge in [-0.1, -0.05) is 115 Å². The molecule has 0 fully saturated rings. The van der Waals surface area contributed by atoms with E-state index in [0.29, 0.717) is 0 Å². The standard InChI is InChI=1S/C46H34N2/c1-5-16-34(17-6-1)47(35-18-7-2-8-19-35)38-26-29-41-42-30-27-39(48(36-20-9-3-10-21-36)37-22-11-4-12-23-37)32-45(42)46-40-24-14-13-15-33(40)25-28-43(46)44(41)31-38/h1-11,13-22,24-32H,12,23H2. The van der Waals surface area contributed by atoms with E-state index in [4.69, 9.17) is 0 Å². The van der Waals surface area contributed by atoms with Crippen molar-refractivity contribution in [3.05, 3.63) is 188 Å². The van der Waals surface area contributed by atoms with Crippen LogP contribution < -0.4 is 9.80 Å². The Hall–Kier alpha value is -6.12. The zero-order chi connectivity index (χ0) is 31.9. The van der Waals surface area contributed by atoms with Crippen LogP contribution in [0.25, 0.3) is 43.1 Å². The minimum Gasteiger partial charge on any atom is -0.314 e. The summed E-state index contributed by atoms with van der Waals surface area (Å²) in [6, 6.07) is 59.6. The van der Waals surface area contributed by atoms with Crippen LogP contribution >= 0.6 is 0 Å². The number of benzene rings is 8. The molecule has 0 heterocycles. The van der Waals surface area contributed by atoms with Gasteiger partial charge in [-0.3, -0.25) is 0 Å². The van der Waals surface area contributed by atoms with Gasteiger partial charge in [-0.05, 0) is 123 Å². The van der Waals surface area contributed by atoms with Crippen LogP contribution in [0.1, 0.15) is 12.8 Å². The molecule has 2 heteroatoms. The molecule has 9 rings (SSSR count). The van der Waals surface area contributed by atoms with E-state index in [1.54, 1.807) is 0 Å². The number of para-hydroxylation sites is 3. The Morgan fingerprint density at radius 2 is 0.917 bits per heavy atom. The second kappa shape index (κ2) is 11.9. The van der Waals surface area contributed by atoms with E-state index in [2.05, 4.69) is 192 Å². The summed E-state index contributed by atoms with van der Waals surface area (Å²) in [6.07, 6.45) is 8.77. The van der Waals surface area contributed by atoms with E-state index in [9.17, 15) is 0 Å². The average Bonchev–Trinajstić information content (AvgIpc) is 3.16. The lowest BCUT2D eigenvalue weighted by atomic mass is 9.90. The van der Waals surface area contributed by atoms with Gasteiger partial charge >= 0.3 is 0 Å². The predicted molar refractivity (Wildman–Crippen MR) is 206 cm³/mol. The first kappa shape index (κ1) is 28.1. The molecule has 8 aromatic rings. The number of fused-ring (bicyclic) bond motifs is 8. The van der Waals surface area contributed by atoms with E-state index >= 15 is 0 Å². The Bertz CT molecular complexity index is 2460. The number of allylic oxidation sites excluding steroid dienone is 4. The molecule has 0 spiro atoms. The molecule has 0 unspecified atom stereocenters. The summed E-state index contributed by atoms with van der Waals surface area (Å²) < 4.78 is 0. The normalized spacial score (nSPS) is 12.9. The van der Waals surface area contributed by atoms with Crippen molar-refractivity contribution in [2.24, 2.45) is 0 Å². The number of rotatable bonds is 6. The topological polar surface area (TPSA) is 6.48 Å². The van der Waals surface area contributed by atoms with Crippen molar-refractivity contribution in [2.75, 3.05) is 9.80 Å². The van der Waals surface area contributed by atoms with Crippen LogP contribution in [0.3, 0.4) is 0 Å². The Morgan fingerprint density at radius 3 is 1.56 bits per heavy atom. The molecular formula is C46H34N2. The largest absolute Gasteiger partial charge is 0.314 e. The minimum absolute atomic E-state index is 1.01. The van der Waals surface area contributed by atoms with Gasteiger partial charge in [0.25, 0.3) is 0 Å². The first-order chi connectivity index (χ1) is 23.8. The van der Waals surface area contributed by atoms with Gasteiger partial charge in [-0.25, -0.2) is 0 Å². The lowest BCUT2D eigenvalue weighted by molar-refractivity contribution is 0.918. The lowest BCUT2D eigenvalue weighted by Crippen LogP contribution is -2.17. The second-order valence-corrected chi connectivity index (χ2v) is 12.5. The Kier molecular flexibility index (Phi) is 6.98. The maximum Gasteiger partial charge on any atom is 0.0468 e. The Labute approximate surface area is 281 Å². The fourth-order valence-electron chi connectivity index (χ4n) is 7.46. The highest BCUT2D eigenvalue weighted by atomic mass is 15.2. The summed E-state index contributed by atoms with van der Waals surface area (Å²) in [6.45, 7) is 0. The van der Waals surface area contributed by atoms with Crippen LogP contribution in [0, 0.1) is 0 Å². The fraction of sp³-hybridized carbons (Fsp3) is 0.0435. The van der Waals surface area contributed by atoms with Gasteiger partial charge in [0.2, 0.25) is 0 Å². The molecule has 0 saturated heterocycles. The summed E-state index contributed by atoms with van der Waals surface area (Å²) in [7, 11) is 0. The van der Waals surface area contributed by atoms with E-state index in [0.717, 1.165) is 29.9 Å². The summed E-state index contributed by atoms with van der Waals surface area (Å²) in [5.74, 6) is 0. The minimum atomic E-state index is 1.01. The molecule has 1 aliphatic carbocycles. The third kappa shape index (κ3) is 4.82. The van der Waals surface area contributed by atoms with Crippen molar-refractivity contribution in [2.45, 2.75) is 12.8 Å². The van der Waals surface area contributed by atoms with Crippen LogP contribution in [0.5, 0.6) is 0 Å². The molecule has 0 amide bonds. The predicted octanol–water partition coefficient (Wildman–Crippen LogP) is 13.1. The third-order valence-corrected chi connectivity index (χ3v) is 9.62. The van der Waals surface area contributed by atoms with Gasteiger partial charge in [-0.15, -0.1) is 0 Å². The van der Waals surface area contributed by atoms with Crippen LogP contribution in [-0.4, -0.2) is 0 Å². The SMILES string of the molecule is C1=CCCC(N(c2ccccc2)c2ccc3c4ccc(N(c5ccccc5)c5ccccc5)cc4c4ccc5ccccc5c4c3c2)=C1. The monoisotopic (exact) mass is 614 g/mol. The molecule has 0 N–H and O–H groups in total. The molecule has 2 nitrogen and oxygen atoms in total. The molecule has 8 aromatic carbocycles. The summed E-state index contributed by atoms with van der Waals surface area (Å²) in [5, 5.41) is 10.1. The highest BCUT2D eigenvalue weighted by Crippen LogP contribution is 2.44. The quantitative estimate of drug-likeness (QED) is 0.172. The van der Waals surface area contributed by atoms with Gasteiger partial charge in [0, 0.05) is 34.1 Å². The zero-order valence-electron chi connectivity index (χ0n) is 26.6. The van der Waals surface area contributed by atoms with Gasteiger partial charge in [0.15, 0.2) is 0 Å². The van der Waals surface area contributed by atoms with Crippen molar-refractivity contribution in [1.29, 1.82) is 0 Å². The first-order valence-electron chi connectivity index (χ1n) is 16.8. The van der Waals surface area contributed by atoms with Crippen LogP contribution in [-0.2, 0) is 0 Å². The summed E-state index contributed by atoms with van der Waals surface area (Å²) in [4.78, 5) is 4.79. The van der Waals surface area contributed by atoms with Gasteiger partial charge < -0.3 is 9.80 Å². The van der Waals surface area contributed by atoms with Gasteiger partial charge in [0.1, 0.15) is 0 Å². The van der Waals surface area contributed by atoms with Crippen LogP contribution in [0.2, 0.25) is 0 Å². The molecule has 48 heavy (non-hydrogen) atoms. The summed E-state index contributed by atoms with van der Waals surface area (Å²) >= 11 is 0. The molecule has 0 aromatic heterocycles. The van der Waals surface area contributed by atoms with Crippen LogP contribution in [0.15, 0.2) is 188 Å². The van der Waals surface area contributed by atoms with Crippen molar-refractivity contribution < 1.29 is 0 Å². The average molecular weight is 615 g/mol. The second-order valence-electron chi connectivity index (χ2n) is 12.5. The van der Waals surface area contributed by atoms with Gasteiger partial charge in [0.05, 0.1) is 0 Å². The Balaban J connectivity index is 1.33. The Morgan fingerprint density at radius 1 is 0.375 bits per heavy atom. The molecule has 0 atom stereocenters. The van der Waals surface area contributed by atoms with Gasteiger partial charge in [-0.2, -0.15) is 0 Å². The van der Waals surface area contributed by atoms with E-state index < -0.39 is 0 Å². The van der Waals surface area contributed by atoms with E-state index in [-0.39, 0.29) is 0 Å². The van der Waals surface area contributed by atoms with Crippen molar-refractivity contribution in [1.82, 2.24) is 0 Å². The highest BCUT2D eigenvalue weighted by Gasteiger charge is 2.20. The number of nitrogens with zero attached hydrogens (tertiary/aromatic N) is 2. The zero-order valence-corrected chi connectivity index (χ0v) is 26.6. The molecule has 228 valence electrons. The molecular weight excluding hydrogens is 581 g/mol. The number of hydrogen-bond donors (Lipinski definition) is 0. The molecule has 0 radical (unpaired) electrons. The molecule has 1 aliphatic rings. The van der Waals surface area contributed by atoms with Crippen molar-refractivity contribution in [3.8, 4) is 0 Å². The molecule has 0 aliphatic heterocycles. The summed E-state index contributed by atoms with van der Waals surface area (Å²) in [5.41, 5.74) is 7.08. The van der Waals surface area contributed by atoms with Crippen molar-refractivity contribution in [3.63, 3.8) is 0 Å². The maximum absolute atomic E-state index is 2.44. The van der Waals surface area contributed by atoms with E-state index in [1.807, 2.05) is 0 Å². The van der Waals surface area contributed by atoms with E-state index in [1.165, 1.54) is 60.2 Å². The number of anilines is 5. The molecule has 0 bridgehead atoms. The highest BCUT2D eigenvalue weighted by molar-refractivity contribution is 6.32. The van der Waals surface area contributed by atoms with Crippen LogP contribution in [0.4, 0.5) is 28.4 Å². The third-order valence-electron chi connectivity index (χ3n) is 9.62. The first-order valence-corrected chi connectivity index (χ1v) is 16.8. The molecule has 0 saturated carbocycles. The lowest BCUT2D eigenvalue weighted by Gasteiger charge is -2.29. The number of hydrogen-bond acceptors (Lipinski definition) is 2. The maximum atomic E-state index is 2.44. The smallest absolute Gasteiger partial charge is 0.0468 e.